The van der Waals surface area contributed by atoms with Gasteiger partial charge in [0.25, 0.3) is 0 Å². The number of carbonyl (C=O) groups is 3. The fraction of sp³-hybridized carbons (Fsp3) is 0.444. The van der Waals surface area contributed by atoms with Crippen LogP contribution in [-0.4, -0.2) is 49.6 Å². The molecule has 1 saturated carbocycles. The molecule has 1 aliphatic carbocycles. The topological polar surface area (TPSA) is 63.7 Å². The van der Waals surface area contributed by atoms with E-state index in [0.29, 0.717) is 6.42 Å². The Kier molecular flexibility index (Phi) is 6.15. The first kappa shape index (κ1) is 22.4. The molecular weight excluding hydrogens is 481 g/mol. The SMILES string of the molecule is CC(C)C1C(=O)N2C1[C@H]1CCC(=O)[C@H]([Se]c3ccccc3)C1[C@@H]2C(=O)OCc1ccccc1. The molecule has 0 aromatic heterocycles. The van der Waals surface area contributed by atoms with E-state index in [1.54, 1.807) is 4.90 Å². The number of Topliss-reactive ketones (excluding diaryl/α,β-unsaturated/α-hetero) is 1. The number of rotatable bonds is 6. The van der Waals surface area contributed by atoms with E-state index in [4.69, 9.17) is 4.74 Å². The van der Waals surface area contributed by atoms with E-state index in [1.807, 2.05) is 48.5 Å². The molecule has 2 saturated heterocycles. The molecule has 3 aliphatic rings. The van der Waals surface area contributed by atoms with Gasteiger partial charge in [-0.25, -0.2) is 0 Å². The summed E-state index contributed by atoms with van der Waals surface area (Å²) in [7, 11) is 0. The van der Waals surface area contributed by atoms with Crippen molar-refractivity contribution in [3.05, 3.63) is 66.2 Å². The second-order valence-corrected chi connectivity index (χ2v) is 12.2. The van der Waals surface area contributed by atoms with Crippen molar-refractivity contribution in [2.75, 3.05) is 0 Å². The molecule has 6 heteroatoms. The fourth-order valence-electron chi connectivity index (χ4n) is 5.97. The minimum absolute atomic E-state index is 0.0407. The average Bonchev–Trinajstić information content (AvgIpc) is 3.11. The van der Waals surface area contributed by atoms with Crippen LogP contribution in [0.3, 0.4) is 0 Å². The number of β-lactam (4-membered cyclic amide) rings is 1. The van der Waals surface area contributed by atoms with Crippen molar-refractivity contribution in [3.63, 3.8) is 0 Å². The molecule has 1 amide bonds. The van der Waals surface area contributed by atoms with Gasteiger partial charge < -0.3 is 0 Å². The molecule has 2 aromatic rings. The van der Waals surface area contributed by atoms with Crippen LogP contribution in [0.25, 0.3) is 0 Å². The molecule has 5 nitrogen and oxygen atoms in total. The van der Waals surface area contributed by atoms with Crippen molar-refractivity contribution >= 4 is 37.1 Å². The summed E-state index contributed by atoms with van der Waals surface area (Å²) in [6, 6.07) is 19.0. The Labute approximate surface area is 201 Å². The van der Waals surface area contributed by atoms with Gasteiger partial charge in [-0.15, -0.1) is 0 Å². The van der Waals surface area contributed by atoms with Gasteiger partial charge >= 0.3 is 201 Å². The van der Waals surface area contributed by atoms with Gasteiger partial charge in [-0.05, 0) is 0 Å². The Balaban J connectivity index is 1.46. The number of hydrogen-bond donors (Lipinski definition) is 0. The summed E-state index contributed by atoms with van der Waals surface area (Å²) in [5.41, 5.74) is 0.914. The molecular formula is C27H29NO4Se. The van der Waals surface area contributed by atoms with Gasteiger partial charge in [0.1, 0.15) is 0 Å². The Morgan fingerprint density at radius 1 is 1.06 bits per heavy atom. The van der Waals surface area contributed by atoms with Crippen LogP contribution < -0.4 is 4.46 Å². The molecule has 3 fully saturated rings. The van der Waals surface area contributed by atoms with Crippen LogP contribution >= 0.6 is 0 Å². The summed E-state index contributed by atoms with van der Waals surface area (Å²) < 4.78 is 6.91. The van der Waals surface area contributed by atoms with Crippen LogP contribution in [0.5, 0.6) is 0 Å². The van der Waals surface area contributed by atoms with Crippen molar-refractivity contribution in [1.29, 1.82) is 0 Å². The Morgan fingerprint density at radius 3 is 2.39 bits per heavy atom. The molecule has 0 radical (unpaired) electrons. The summed E-state index contributed by atoms with van der Waals surface area (Å²) >= 11 is -0.0963. The van der Waals surface area contributed by atoms with Crippen molar-refractivity contribution in [2.24, 2.45) is 23.7 Å². The summed E-state index contributed by atoms with van der Waals surface area (Å²) in [6.45, 7) is 4.33. The second-order valence-electron chi connectivity index (χ2n) is 9.64. The monoisotopic (exact) mass is 511 g/mol. The van der Waals surface area contributed by atoms with E-state index in [2.05, 4.69) is 26.0 Å². The Hall–Kier alpha value is -2.43. The van der Waals surface area contributed by atoms with E-state index in [0.717, 1.165) is 16.4 Å². The predicted octanol–water partition coefficient (Wildman–Crippen LogP) is 3.01. The second kappa shape index (κ2) is 9.08. The zero-order valence-corrected chi connectivity index (χ0v) is 20.6. The Morgan fingerprint density at radius 2 is 1.73 bits per heavy atom. The molecule has 2 aromatic carbocycles. The van der Waals surface area contributed by atoms with E-state index in [-0.39, 0.29) is 73.8 Å². The van der Waals surface area contributed by atoms with Crippen molar-refractivity contribution in [3.8, 4) is 0 Å². The first-order chi connectivity index (χ1) is 16.0. The van der Waals surface area contributed by atoms with Crippen LogP contribution in [0.4, 0.5) is 0 Å². The maximum atomic E-state index is 13.5. The summed E-state index contributed by atoms with van der Waals surface area (Å²) in [6.07, 6.45) is 1.29. The summed E-state index contributed by atoms with van der Waals surface area (Å²) in [4.78, 5) is 41.4. The van der Waals surface area contributed by atoms with E-state index in [9.17, 15) is 14.4 Å². The maximum absolute atomic E-state index is 13.5. The van der Waals surface area contributed by atoms with E-state index < -0.39 is 6.04 Å². The third-order valence-corrected chi connectivity index (χ3v) is 10.3. The van der Waals surface area contributed by atoms with Crippen LogP contribution in [0.15, 0.2) is 60.7 Å². The van der Waals surface area contributed by atoms with Crippen molar-refractivity contribution < 1.29 is 19.1 Å². The van der Waals surface area contributed by atoms with Gasteiger partial charge in [-0.1, -0.05) is 0 Å². The van der Waals surface area contributed by atoms with Crippen LogP contribution in [0, 0.1) is 23.7 Å². The molecule has 6 atom stereocenters. The van der Waals surface area contributed by atoms with Crippen LogP contribution in [0.1, 0.15) is 32.3 Å². The van der Waals surface area contributed by atoms with Gasteiger partial charge in [-0.3, -0.25) is 0 Å². The summed E-state index contributed by atoms with van der Waals surface area (Å²) in [5.74, 6) is 0.0822. The van der Waals surface area contributed by atoms with Crippen LogP contribution in [-0.2, 0) is 25.7 Å². The van der Waals surface area contributed by atoms with Gasteiger partial charge in [0.2, 0.25) is 0 Å². The van der Waals surface area contributed by atoms with E-state index in [1.165, 1.54) is 0 Å². The molecule has 0 N–H and O–H groups in total. The molecule has 33 heavy (non-hydrogen) atoms. The number of nitrogens with zero attached hydrogens (tertiary/aromatic N) is 1. The number of esters is 1. The molecule has 5 rings (SSSR count). The van der Waals surface area contributed by atoms with Crippen molar-refractivity contribution in [2.45, 2.75) is 50.2 Å². The summed E-state index contributed by atoms with van der Waals surface area (Å²) in [5, 5.41) is 0. The zero-order chi connectivity index (χ0) is 23.1. The fourth-order valence-corrected chi connectivity index (χ4v) is 8.83. The standard InChI is InChI=1S/C27H29NO4Se/c1-16(2)21-23-19-13-14-20(29)25(33-18-11-7-4-8-12-18)22(19)24(28(23)26(21)30)27(31)32-15-17-9-5-3-6-10-17/h3-12,16,19,21-25H,13-15H2,1-2H3/t19-,21?,22?,23?,24+,25-/m0/s1. The van der Waals surface area contributed by atoms with Crippen LogP contribution in [0.2, 0.25) is 4.82 Å². The normalized spacial score (nSPS) is 30.6. The first-order valence-corrected chi connectivity index (χ1v) is 13.6. The number of fused-ring (bicyclic) bond motifs is 3. The third-order valence-electron chi connectivity index (χ3n) is 7.41. The molecule has 2 heterocycles. The number of benzene rings is 2. The molecule has 0 spiro atoms. The third kappa shape index (κ3) is 3.94. The van der Waals surface area contributed by atoms with E-state index >= 15 is 0 Å². The molecule has 172 valence electrons. The molecule has 3 unspecified atom stereocenters. The van der Waals surface area contributed by atoms with Gasteiger partial charge in [-0.2, -0.15) is 0 Å². The van der Waals surface area contributed by atoms with Crippen molar-refractivity contribution in [1.82, 2.24) is 4.90 Å². The molecule has 2 aliphatic heterocycles. The minimum atomic E-state index is -0.661. The number of ketones is 1. The number of ether oxygens (including phenoxy) is 1. The number of hydrogen-bond acceptors (Lipinski definition) is 4. The predicted molar refractivity (Wildman–Crippen MR) is 126 cm³/mol. The Bertz CT molecular complexity index is 1040. The number of amides is 1. The zero-order valence-electron chi connectivity index (χ0n) is 18.9. The molecule has 0 bridgehead atoms. The quantitative estimate of drug-likeness (QED) is 0.341. The van der Waals surface area contributed by atoms with Gasteiger partial charge in [0.15, 0.2) is 0 Å². The van der Waals surface area contributed by atoms with Gasteiger partial charge in [0.05, 0.1) is 0 Å². The van der Waals surface area contributed by atoms with Gasteiger partial charge in [0, 0.05) is 0 Å². The first-order valence-electron chi connectivity index (χ1n) is 11.7. The number of carbonyl (C=O) groups excluding carboxylic acids is 3. The average molecular weight is 510 g/mol.